The van der Waals surface area contributed by atoms with Crippen molar-refractivity contribution < 1.29 is 19.0 Å². The van der Waals surface area contributed by atoms with Gasteiger partial charge in [-0.05, 0) is 59.2 Å². The van der Waals surface area contributed by atoms with Gasteiger partial charge in [-0.25, -0.2) is 24.0 Å². The topological polar surface area (TPSA) is 144 Å². The quantitative estimate of drug-likeness (QED) is 0.383. The van der Waals surface area contributed by atoms with Crippen molar-refractivity contribution in [2.75, 3.05) is 30.5 Å². The average molecular weight is 506 g/mol. The highest BCUT2D eigenvalue weighted by atomic mass is 19.1. The fraction of sp³-hybridized carbons (Fsp3) is 0.292. The van der Waals surface area contributed by atoms with E-state index in [9.17, 15) is 14.3 Å². The van der Waals surface area contributed by atoms with E-state index in [0.717, 1.165) is 23.5 Å². The number of aliphatic hydroxyl groups excluding tert-OH is 1. The number of tetrazole rings is 1. The van der Waals surface area contributed by atoms with Gasteiger partial charge in [-0.2, -0.15) is 0 Å². The van der Waals surface area contributed by atoms with E-state index < -0.39 is 11.7 Å². The van der Waals surface area contributed by atoms with Gasteiger partial charge >= 0.3 is 0 Å². The number of nitrogens with zero attached hydrogens (tertiary/aromatic N) is 8. The Labute approximate surface area is 211 Å². The van der Waals surface area contributed by atoms with Crippen molar-refractivity contribution in [1.29, 1.82) is 0 Å². The fourth-order valence-electron chi connectivity index (χ4n) is 4.12. The molecule has 37 heavy (non-hydrogen) atoms. The first-order chi connectivity index (χ1) is 18.0. The molecule has 0 saturated heterocycles. The summed E-state index contributed by atoms with van der Waals surface area (Å²) in [6.45, 7) is 2.75. The zero-order chi connectivity index (χ0) is 25.9. The summed E-state index contributed by atoms with van der Waals surface area (Å²) < 4.78 is 20.2. The van der Waals surface area contributed by atoms with E-state index in [-0.39, 0.29) is 12.6 Å². The van der Waals surface area contributed by atoms with Crippen molar-refractivity contribution in [2.45, 2.75) is 25.9 Å². The molecule has 0 radical (unpaired) electrons. The molecular weight excluding hydrogens is 481 g/mol. The number of pyridine rings is 1. The molecule has 12 nitrogen and oxygen atoms in total. The fourth-order valence-corrected chi connectivity index (χ4v) is 4.12. The number of ether oxygens (including phenoxy) is 1. The summed E-state index contributed by atoms with van der Waals surface area (Å²) in [5, 5.41) is 23.9. The number of hydrogen-bond acceptors (Lipinski definition) is 10. The predicted octanol–water partition coefficient (Wildman–Crippen LogP) is 2.04. The second-order valence-corrected chi connectivity index (χ2v) is 8.53. The predicted molar refractivity (Wildman–Crippen MR) is 131 cm³/mol. The Morgan fingerprint density at radius 2 is 2.05 bits per heavy atom. The Hall–Kier alpha value is -4.52. The third-order valence-corrected chi connectivity index (χ3v) is 6.06. The molecule has 0 aliphatic carbocycles. The van der Waals surface area contributed by atoms with Crippen molar-refractivity contribution in [3.8, 4) is 17.3 Å². The molecule has 4 heterocycles. The van der Waals surface area contributed by atoms with Crippen LogP contribution in [-0.2, 0) is 13.0 Å². The number of aliphatic hydroxyl groups is 1. The zero-order valence-corrected chi connectivity index (χ0v) is 20.2. The number of anilines is 2. The molecule has 0 saturated carbocycles. The maximum atomic E-state index is 13.3. The van der Waals surface area contributed by atoms with Gasteiger partial charge in [-0.3, -0.25) is 4.79 Å². The molecule has 0 unspecified atom stereocenters. The van der Waals surface area contributed by atoms with Gasteiger partial charge in [0.25, 0.3) is 5.91 Å². The van der Waals surface area contributed by atoms with Crippen molar-refractivity contribution >= 4 is 17.7 Å². The smallest absolute Gasteiger partial charge is 0.260 e. The molecule has 1 atom stereocenters. The first kappa shape index (κ1) is 24.2. The van der Waals surface area contributed by atoms with Gasteiger partial charge in [0.05, 0.1) is 37.7 Å². The zero-order valence-electron chi connectivity index (χ0n) is 20.2. The minimum absolute atomic E-state index is 0.142. The number of carbonyl (C=O) groups is 1. The van der Waals surface area contributed by atoms with E-state index in [0.29, 0.717) is 54.1 Å². The summed E-state index contributed by atoms with van der Waals surface area (Å²) in [5.74, 6) is 0.638. The van der Waals surface area contributed by atoms with Gasteiger partial charge in [-0.1, -0.05) is 6.07 Å². The highest BCUT2D eigenvalue weighted by molar-refractivity contribution is 6.06. The van der Waals surface area contributed by atoms with Crippen LogP contribution in [0, 0.1) is 5.82 Å². The lowest BCUT2D eigenvalue weighted by molar-refractivity contribution is 0.102. The highest BCUT2D eigenvalue weighted by Crippen LogP contribution is 2.30. The maximum absolute atomic E-state index is 13.3. The number of amides is 1. The van der Waals surface area contributed by atoms with Crippen molar-refractivity contribution in [2.24, 2.45) is 0 Å². The molecule has 0 spiro atoms. The van der Waals surface area contributed by atoms with Crippen LogP contribution in [0.1, 0.15) is 34.5 Å². The number of aromatic nitrogens is 7. The lowest BCUT2D eigenvalue weighted by atomic mass is 9.96. The third-order valence-electron chi connectivity index (χ3n) is 6.06. The number of carbonyl (C=O) groups excluding carboxylic acids is 1. The monoisotopic (exact) mass is 505 g/mol. The second-order valence-electron chi connectivity index (χ2n) is 8.53. The summed E-state index contributed by atoms with van der Waals surface area (Å²) >= 11 is 0. The number of hydrogen-bond donors (Lipinski definition) is 2. The molecule has 2 N–H and O–H groups in total. The first-order valence-electron chi connectivity index (χ1n) is 11.6. The Balaban J connectivity index is 1.39. The van der Waals surface area contributed by atoms with Gasteiger partial charge in [0, 0.05) is 13.1 Å². The Morgan fingerprint density at radius 1 is 1.24 bits per heavy atom. The van der Waals surface area contributed by atoms with Crippen LogP contribution in [-0.4, -0.2) is 66.4 Å². The molecule has 190 valence electrons. The van der Waals surface area contributed by atoms with E-state index in [1.165, 1.54) is 11.8 Å². The molecule has 3 aromatic heterocycles. The van der Waals surface area contributed by atoms with Crippen LogP contribution in [0.25, 0.3) is 11.5 Å². The molecular formula is C24H24FN9O3. The molecule has 0 bridgehead atoms. The SMILES string of the molecule is COc1cc2c(cc1C(=O)Nc1cccc(-c3nnnn3[C@H](C)CO)n1)CN(c1ncc(F)cn1)CC2. The van der Waals surface area contributed by atoms with Crippen molar-refractivity contribution in [1.82, 2.24) is 35.2 Å². The molecule has 1 amide bonds. The van der Waals surface area contributed by atoms with Gasteiger partial charge in [0.1, 0.15) is 17.3 Å². The summed E-state index contributed by atoms with van der Waals surface area (Å²) in [5.41, 5.74) is 2.75. The maximum Gasteiger partial charge on any atom is 0.260 e. The van der Waals surface area contributed by atoms with Gasteiger partial charge in [0.2, 0.25) is 11.8 Å². The number of fused-ring (bicyclic) bond motifs is 1. The number of halogens is 1. The van der Waals surface area contributed by atoms with Crippen LogP contribution in [0.3, 0.4) is 0 Å². The van der Waals surface area contributed by atoms with Crippen molar-refractivity contribution in [3.05, 3.63) is 65.2 Å². The van der Waals surface area contributed by atoms with E-state index in [2.05, 4.69) is 35.8 Å². The van der Waals surface area contributed by atoms with Crippen LogP contribution in [0.2, 0.25) is 0 Å². The normalized spacial score (nSPS) is 13.7. The lowest BCUT2D eigenvalue weighted by Gasteiger charge is -2.29. The molecule has 13 heteroatoms. The highest BCUT2D eigenvalue weighted by Gasteiger charge is 2.24. The Morgan fingerprint density at radius 3 is 2.81 bits per heavy atom. The summed E-state index contributed by atoms with van der Waals surface area (Å²) in [6, 6.07) is 8.40. The Kier molecular flexibility index (Phi) is 6.68. The van der Waals surface area contributed by atoms with Crippen LogP contribution in [0.15, 0.2) is 42.7 Å². The summed E-state index contributed by atoms with van der Waals surface area (Å²) in [7, 11) is 1.51. The standard InChI is InChI=1S/C24H24FN9O3/c1-14(13-35)34-22(30-31-32-34)19-4-3-5-21(28-19)29-23(36)18-8-16-12-33(24-26-10-17(25)11-27-24)7-6-15(16)9-20(18)37-2/h3-5,8-11,14,35H,6-7,12-13H2,1-2H3,(H,28,29,36)/t14-/m1/s1. The van der Waals surface area contributed by atoms with E-state index >= 15 is 0 Å². The van der Waals surface area contributed by atoms with Gasteiger partial charge in [-0.15, -0.1) is 5.10 Å². The molecule has 5 rings (SSSR count). The number of methoxy groups -OCH3 is 1. The molecule has 1 aromatic carbocycles. The average Bonchev–Trinajstić information content (AvgIpc) is 3.42. The molecule has 4 aromatic rings. The van der Waals surface area contributed by atoms with Gasteiger partial charge < -0.3 is 20.1 Å². The Bertz CT molecular complexity index is 1430. The lowest BCUT2D eigenvalue weighted by Crippen LogP contribution is -2.32. The number of rotatable bonds is 7. The van der Waals surface area contributed by atoms with E-state index in [1.54, 1.807) is 31.2 Å². The van der Waals surface area contributed by atoms with Crippen LogP contribution in [0.4, 0.5) is 16.2 Å². The summed E-state index contributed by atoms with van der Waals surface area (Å²) in [6.07, 6.45) is 2.96. The van der Waals surface area contributed by atoms with E-state index in [1.807, 2.05) is 11.0 Å². The van der Waals surface area contributed by atoms with Crippen LogP contribution < -0.4 is 15.0 Å². The van der Waals surface area contributed by atoms with Crippen LogP contribution in [0.5, 0.6) is 5.75 Å². The second kappa shape index (κ2) is 10.2. The molecule has 0 fully saturated rings. The minimum Gasteiger partial charge on any atom is -0.496 e. The third kappa shape index (κ3) is 4.93. The number of nitrogens with one attached hydrogen (secondary N) is 1. The number of benzene rings is 1. The van der Waals surface area contributed by atoms with Gasteiger partial charge in [0.15, 0.2) is 5.82 Å². The molecule has 1 aliphatic rings. The van der Waals surface area contributed by atoms with E-state index in [4.69, 9.17) is 4.74 Å². The first-order valence-corrected chi connectivity index (χ1v) is 11.6. The summed E-state index contributed by atoms with van der Waals surface area (Å²) in [4.78, 5) is 27.9. The minimum atomic E-state index is -0.498. The van der Waals surface area contributed by atoms with Crippen molar-refractivity contribution in [3.63, 3.8) is 0 Å². The van der Waals surface area contributed by atoms with Crippen LogP contribution >= 0.6 is 0 Å². The largest absolute Gasteiger partial charge is 0.496 e. The molecule has 1 aliphatic heterocycles.